The molecule has 2 aromatic rings. The number of hydrogen-bond donors (Lipinski definition) is 0. The number of rotatable bonds is 4. The molecule has 20 heavy (non-hydrogen) atoms. The van der Waals surface area contributed by atoms with Gasteiger partial charge in [-0.05, 0) is 26.0 Å². The number of hydrogen-bond acceptors (Lipinski definition) is 3. The summed E-state index contributed by atoms with van der Waals surface area (Å²) in [5, 5.41) is 0. The lowest BCUT2D eigenvalue weighted by atomic mass is 10.1. The predicted molar refractivity (Wildman–Crippen MR) is 74.9 cm³/mol. The summed E-state index contributed by atoms with van der Waals surface area (Å²) in [5.74, 6) is 0. The lowest BCUT2D eigenvalue weighted by Gasteiger charge is -2.21. The van der Waals surface area contributed by atoms with Crippen molar-refractivity contribution in [1.29, 1.82) is 0 Å². The Hall–Kier alpha value is -1.56. The summed E-state index contributed by atoms with van der Waals surface area (Å²) in [7, 11) is 0. The van der Waals surface area contributed by atoms with Crippen LogP contribution in [0.2, 0.25) is 0 Å². The molecule has 1 aromatic carbocycles. The summed E-state index contributed by atoms with van der Waals surface area (Å²) in [6, 6.07) is 6.99. The molecule has 1 heterocycles. The van der Waals surface area contributed by atoms with Gasteiger partial charge in [-0.2, -0.15) is 13.2 Å². The Morgan fingerprint density at radius 2 is 1.75 bits per heavy atom. The van der Waals surface area contributed by atoms with Crippen LogP contribution in [-0.2, 0) is 6.18 Å². The number of aromatic nitrogens is 1. The summed E-state index contributed by atoms with van der Waals surface area (Å²) in [4.78, 5) is 5.15. The van der Waals surface area contributed by atoms with Crippen LogP contribution in [0.25, 0.3) is 11.3 Å². The molecule has 0 amide bonds. The molecular formula is C14H14F3N2S. The zero-order valence-corrected chi connectivity index (χ0v) is 12.0. The fraction of sp³-hybridized carbons (Fsp3) is 0.357. The highest BCUT2D eigenvalue weighted by Crippen LogP contribution is 2.39. The van der Waals surface area contributed by atoms with Crippen LogP contribution >= 0.6 is 11.3 Å². The molecule has 1 aromatic heterocycles. The summed E-state index contributed by atoms with van der Waals surface area (Å²) in [6.07, 6.45) is -4.38. The predicted octanol–water partition coefficient (Wildman–Crippen LogP) is 4.48. The van der Waals surface area contributed by atoms with Crippen molar-refractivity contribution in [2.75, 3.05) is 18.0 Å². The monoisotopic (exact) mass is 299 g/mol. The molecular weight excluding hydrogens is 285 g/mol. The van der Waals surface area contributed by atoms with Crippen molar-refractivity contribution >= 4 is 17.0 Å². The SMILES string of the molecule is CCN(CC)c1ccc(-c2n[c]sc2C(F)(F)F)cc1. The number of nitrogens with zero attached hydrogens (tertiary/aromatic N) is 2. The first-order chi connectivity index (χ1) is 9.47. The molecule has 0 unspecified atom stereocenters. The minimum absolute atomic E-state index is 0.0476. The minimum atomic E-state index is -4.38. The average molecular weight is 299 g/mol. The van der Waals surface area contributed by atoms with Crippen molar-refractivity contribution in [1.82, 2.24) is 4.98 Å². The molecule has 0 aliphatic heterocycles. The molecule has 0 spiro atoms. The van der Waals surface area contributed by atoms with E-state index in [0.717, 1.165) is 18.8 Å². The van der Waals surface area contributed by atoms with E-state index in [2.05, 4.69) is 15.4 Å². The van der Waals surface area contributed by atoms with E-state index in [9.17, 15) is 13.2 Å². The van der Waals surface area contributed by atoms with Gasteiger partial charge >= 0.3 is 6.18 Å². The first kappa shape index (κ1) is 14.8. The first-order valence-electron chi connectivity index (χ1n) is 6.26. The van der Waals surface area contributed by atoms with Crippen molar-refractivity contribution < 1.29 is 13.2 Å². The normalized spacial score (nSPS) is 11.7. The molecule has 0 fully saturated rings. The molecule has 6 heteroatoms. The Kier molecular flexibility index (Phi) is 4.32. The fourth-order valence-electron chi connectivity index (χ4n) is 2.02. The van der Waals surface area contributed by atoms with Crippen LogP contribution in [0.4, 0.5) is 18.9 Å². The summed E-state index contributed by atoms with van der Waals surface area (Å²) in [6.45, 7) is 5.78. The van der Waals surface area contributed by atoms with E-state index >= 15 is 0 Å². The van der Waals surface area contributed by atoms with Gasteiger partial charge in [0.2, 0.25) is 0 Å². The maximum Gasteiger partial charge on any atom is 0.427 e. The Morgan fingerprint density at radius 3 is 2.25 bits per heavy atom. The van der Waals surface area contributed by atoms with E-state index in [-0.39, 0.29) is 5.69 Å². The topological polar surface area (TPSA) is 16.1 Å². The second kappa shape index (κ2) is 5.83. The maximum atomic E-state index is 12.8. The van der Waals surface area contributed by atoms with Gasteiger partial charge in [0.15, 0.2) is 5.51 Å². The zero-order valence-electron chi connectivity index (χ0n) is 11.2. The molecule has 1 radical (unpaired) electrons. The van der Waals surface area contributed by atoms with Gasteiger partial charge < -0.3 is 4.90 Å². The van der Waals surface area contributed by atoms with Crippen LogP contribution in [0, 0.1) is 5.51 Å². The molecule has 2 rings (SSSR count). The van der Waals surface area contributed by atoms with Crippen molar-refractivity contribution in [3.05, 3.63) is 34.7 Å². The van der Waals surface area contributed by atoms with E-state index in [1.807, 2.05) is 26.0 Å². The molecule has 0 aliphatic carbocycles. The maximum absolute atomic E-state index is 12.8. The summed E-state index contributed by atoms with van der Waals surface area (Å²) < 4.78 is 38.5. The summed E-state index contributed by atoms with van der Waals surface area (Å²) >= 11 is 0.499. The zero-order chi connectivity index (χ0) is 14.8. The number of halogens is 3. The van der Waals surface area contributed by atoms with Gasteiger partial charge in [0, 0.05) is 24.3 Å². The minimum Gasteiger partial charge on any atom is -0.372 e. The highest BCUT2D eigenvalue weighted by atomic mass is 32.1. The van der Waals surface area contributed by atoms with Gasteiger partial charge in [0.1, 0.15) is 4.88 Å². The van der Waals surface area contributed by atoms with Crippen LogP contribution < -0.4 is 4.90 Å². The number of alkyl halides is 3. The fourth-order valence-corrected chi connectivity index (χ4v) is 2.62. The Balaban J connectivity index is 2.34. The standard InChI is InChI=1S/C14H14F3N2S/c1-3-19(4-2)11-7-5-10(6-8-11)12-13(14(15,16)17)20-9-18-12/h5-8H,3-4H2,1-2H3. The molecule has 0 bridgehead atoms. The lowest BCUT2D eigenvalue weighted by molar-refractivity contribution is -0.134. The molecule has 0 atom stereocenters. The third-order valence-corrected chi connectivity index (χ3v) is 3.86. The third kappa shape index (κ3) is 2.95. The lowest BCUT2D eigenvalue weighted by Crippen LogP contribution is -2.21. The van der Waals surface area contributed by atoms with Crippen LogP contribution in [0.5, 0.6) is 0 Å². The van der Waals surface area contributed by atoms with E-state index in [0.29, 0.717) is 16.9 Å². The Labute approximate surface area is 119 Å². The van der Waals surface area contributed by atoms with Crippen molar-refractivity contribution in [2.24, 2.45) is 0 Å². The van der Waals surface area contributed by atoms with Gasteiger partial charge in [-0.25, -0.2) is 4.98 Å². The molecule has 0 N–H and O–H groups in total. The number of thiazole rings is 1. The number of anilines is 1. The Morgan fingerprint density at radius 1 is 1.15 bits per heavy atom. The van der Waals surface area contributed by atoms with Gasteiger partial charge in [-0.3, -0.25) is 0 Å². The third-order valence-electron chi connectivity index (χ3n) is 3.05. The quantitative estimate of drug-likeness (QED) is 0.827. The highest BCUT2D eigenvalue weighted by Gasteiger charge is 2.36. The van der Waals surface area contributed by atoms with Crippen LogP contribution in [0.3, 0.4) is 0 Å². The second-order valence-corrected chi connectivity index (χ2v) is 4.99. The van der Waals surface area contributed by atoms with E-state index in [1.165, 1.54) is 0 Å². The van der Waals surface area contributed by atoms with Gasteiger partial charge in [0.25, 0.3) is 0 Å². The Bertz CT molecular complexity index is 557. The molecule has 2 nitrogen and oxygen atoms in total. The van der Waals surface area contributed by atoms with Crippen LogP contribution in [0.1, 0.15) is 18.7 Å². The average Bonchev–Trinajstić information content (AvgIpc) is 2.90. The van der Waals surface area contributed by atoms with Gasteiger partial charge in [-0.1, -0.05) is 12.1 Å². The highest BCUT2D eigenvalue weighted by molar-refractivity contribution is 7.09. The molecule has 107 valence electrons. The van der Waals surface area contributed by atoms with Crippen molar-refractivity contribution in [3.8, 4) is 11.3 Å². The van der Waals surface area contributed by atoms with Gasteiger partial charge in [-0.15, -0.1) is 11.3 Å². The smallest absolute Gasteiger partial charge is 0.372 e. The van der Waals surface area contributed by atoms with E-state index in [4.69, 9.17) is 0 Å². The van der Waals surface area contributed by atoms with Crippen molar-refractivity contribution in [3.63, 3.8) is 0 Å². The number of benzene rings is 1. The van der Waals surface area contributed by atoms with E-state index < -0.39 is 11.1 Å². The first-order valence-corrected chi connectivity index (χ1v) is 7.08. The molecule has 0 saturated heterocycles. The summed E-state index contributed by atoms with van der Waals surface area (Å²) in [5.41, 5.74) is 3.73. The largest absolute Gasteiger partial charge is 0.427 e. The van der Waals surface area contributed by atoms with Crippen LogP contribution in [0.15, 0.2) is 24.3 Å². The van der Waals surface area contributed by atoms with Crippen molar-refractivity contribution in [2.45, 2.75) is 20.0 Å². The van der Waals surface area contributed by atoms with E-state index in [1.54, 1.807) is 12.1 Å². The second-order valence-electron chi connectivity index (χ2n) is 4.20. The van der Waals surface area contributed by atoms with Crippen LogP contribution in [-0.4, -0.2) is 18.1 Å². The molecule has 0 aliphatic rings. The van der Waals surface area contributed by atoms with Gasteiger partial charge in [0.05, 0.1) is 5.69 Å². The molecule has 0 saturated carbocycles.